The molecule has 1 atom stereocenters. The second kappa shape index (κ2) is 9.47. The molecule has 2 amide bonds. The Hall–Kier alpha value is -2.93. The smallest absolute Gasteiger partial charge is 0.272 e. The van der Waals surface area contributed by atoms with Gasteiger partial charge in [0.2, 0.25) is 5.91 Å². The van der Waals surface area contributed by atoms with E-state index in [-0.39, 0.29) is 17.7 Å². The zero-order chi connectivity index (χ0) is 21.8. The zero-order valence-electron chi connectivity index (χ0n) is 18.0. The molecule has 1 fully saturated rings. The highest BCUT2D eigenvalue weighted by Crippen LogP contribution is 2.26. The predicted molar refractivity (Wildman–Crippen MR) is 123 cm³/mol. The minimum atomic E-state index is -0.251. The van der Waals surface area contributed by atoms with Gasteiger partial charge in [0.05, 0.1) is 5.92 Å². The molecule has 0 spiro atoms. The molecule has 4 rings (SSSR count). The minimum Gasteiger partial charge on any atom is -0.341 e. The SMILES string of the molecule is CCCN1CCN(C(=O)c2ccnn2C)CC(Cc2ccc(-c3cccs3)cc2)C1=O. The number of aryl methyl sites for hydroxylation is 1. The summed E-state index contributed by atoms with van der Waals surface area (Å²) >= 11 is 1.72. The third-order valence-electron chi connectivity index (χ3n) is 5.80. The molecule has 0 N–H and O–H groups in total. The molecule has 0 radical (unpaired) electrons. The Balaban J connectivity index is 1.54. The maximum absolute atomic E-state index is 13.3. The molecule has 1 aromatic carbocycles. The number of rotatable bonds is 6. The molecule has 7 heteroatoms. The van der Waals surface area contributed by atoms with E-state index in [9.17, 15) is 9.59 Å². The summed E-state index contributed by atoms with van der Waals surface area (Å²) < 4.78 is 1.59. The fourth-order valence-electron chi connectivity index (χ4n) is 4.15. The van der Waals surface area contributed by atoms with Gasteiger partial charge in [-0.1, -0.05) is 37.3 Å². The molecule has 1 aliphatic rings. The average Bonchev–Trinajstić information content (AvgIpc) is 3.43. The van der Waals surface area contributed by atoms with E-state index in [1.54, 1.807) is 35.3 Å². The molecule has 0 saturated carbocycles. The number of hydrogen-bond donors (Lipinski definition) is 0. The molecule has 0 bridgehead atoms. The summed E-state index contributed by atoms with van der Waals surface area (Å²) in [6, 6.07) is 14.3. The largest absolute Gasteiger partial charge is 0.341 e. The number of aromatic nitrogens is 2. The van der Waals surface area contributed by atoms with E-state index >= 15 is 0 Å². The van der Waals surface area contributed by atoms with Crippen LogP contribution in [0, 0.1) is 5.92 Å². The number of thiophene rings is 1. The van der Waals surface area contributed by atoms with E-state index < -0.39 is 0 Å². The standard InChI is InChI=1S/C24H28N4O2S/c1-3-12-27-13-14-28(24(30)21-10-11-25-26(21)2)17-20(23(27)29)16-18-6-8-19(9-7-18)22-5-4-15-31-22/h4-11,15,20H,3,12-14,16-17H2,1-2H3. The van der Waals surface area contributed by atoms with Crippen LogP contribution in [-0.2, 0) is 18.3 Å². The second-order valence-corrected chi connectivity index (χ2v) is 8.94. The number of nitrogens with zero attached hydrogens (tertiary/aromatic N) is 4. The molecule has 31 heavy (non-hydrogen) atoms. The first-order valence-electron chi connectivity index (χ1n) is 10.8. The fourth-order valence-corrected chi connectivity index (χ4v) is 4.88. The molecule has 6 nitrogen and oxygen atoms in total. The van der Waals surface area contributed by atoms with Crippen molar-refractivity contribution in [2.24, 2.45) is 13.0 Å². The van der Waals surface area contributed by atoms with Gasteiger partial charge in [-0.2, -0.15) is 5.10 Å². The lowest BCUT2D eigenvalue weighted by molar-refractivity contribution is -0.134. The lowest BCUT2D eigenvalue weighted by atomic mass is 9.96. The Morgan fingerprint density at radius 2 is 1.97 bits per heavy atom. The van der Waals surface area contributed by atoms with Gasteiger partial charge in [0.1, 0.15) is 5.69 Å². The number of hydrogen-bond acceptors (Lipinski definition) is 4. The topological polar surface area (TPSA) is 58.4 Å². The minimum absolute atomic E-state index is 0.0656. The molecular formula is C24H28N4O2S. The van der Waals surface area contributed by atoms with Crippen LogP contribution >= 0.6 is 11.3 Å². The number of carbonyl (C=O) groups is 2. The van der Waals surface area contributed by atoms with E-state index in [1.807, 2.05) is 15.9 Å². The molecule has 2 aromatic heterocycles. The van der Waals surface area contributed by atoms with Crippen molar-refractivity contribution in [2.75, 3.05) is 26.2 Å². The van der Waals surface area contributed by atoms with Gasteiger partial charge < -0.3 is 9.80 Å². The second-order valence-electron chi connectivity index (χ2n) is 7.99. The van der Waals surface area contributed by atoms with Gasteiger partial charge in [-0.05, 0) is 41.5 Å². The van der Waals surface area contributed by atoms with Crippen LogP contribution in [0.25, 0.3) is 10.4 Å². The van der Waals surface area contributed by atoms with Gasteiger partial charge in [0.25, 0.3) is 5.91 Å². The highest BCUT2D eigenvalue weighted by molar-refractivity contribution is 7.13. The van der Waals surface area contributed by atoms with E-state index in [0.717, 1.165) is 18.5 Å². The van der Waals surface area contributed by atoms with Crippen LogP contribution in [0.15, 0.2) is 54.0 Å². The highest BCUT2D eigenvalue weighted by atomic mass is 32.1. The summed E-state index contributed by atoms with van der Waals surface area (Å²) in [5.41, 5.74) is 2.85. The monoisotopic (exact) mass is 436 g/mol. The Labute approximate surface area is 187 Å². The van der Waals surface area contributed by atoms with Crippen LogP contribution in [-0.4, -0.2) is 57.6 Å². The average molecular weight is 437 g/mol. The van der Waals surface area contributed by atoms with Crippen molar-refractivity contribution in [3.8, 4) is 10.4 Å². The first-order chi connectivity index (χ1) is 15.1. The Kier molecular flexibility index (Phi) is 6.51. The van der Waals surface area contributed by atoms with Crippen LogP contribution < -0.4 is 0 Å². The van der Waals surface area contributed by atoms with Crippen LogP contribution in [0.3, 0.4) is 0 Å². The third-order valence-corrected chi connectivity index (χ3v) is 6.72. The Bertz CT molecular complexity index is 1030. The van der Waals surface area contributed by atoms with E-state index in [1.165, 1.54) is 10.4 Å². The van der Waals surface area contributed by atoms with E-state index in [4.69, 9.17) is 0 Å². The number of carbonyl (C=O) groups excluding carboxylic acids is 2. The number of benzene rings is 1. The van der Waals surface area contributed by atoms with Crippen LogP contribution in [0.1, 0.15) is 29.4 Å². The Morgan fingerprint density at radius 3 is 2.61 bits per heavy atom. The lowest BCUT2D eigenvalue weighted by Crippen LogP contribution is -2.38. The van der Waals surface area contributed by atoms with Gasteiger partial charge in [-0.25, -0.2) is 0 Å². The highest BCUT2D eigenvalue weighted by Gasteiger charge is 2.33. The zero-order valence-corrected chi connectivity index (χ0v) is 18.8. The van der Waals surface area contributed by atoms with Crippen LogP contribution in [0.2, 0.25) is 0 Å². The van der Waals surface area contributed by atoms with Crippen molar-refractivity contribution in [1.82, 2.24) is 19.6 Å². The first-order valence-corrected chi connectivity index (χ1v) is 11.6. The molecule has 1 saturated heterocycles. The molecule has 162 valence electrons. The van der Waals surface area contributed by atoms with Gasteiger partial charge in [-0.3, -0.25) is 14.3 Å². The lowest BCUT2D eigenvalue weighted by Gasteiger charge is -2.24. The molecular weight excluding hydrogens is 408 g/mol. The molecule has 0 aliphatic carbocycles. The maximum Gasteiger partial charge on any atom is 0.272 e. The normalized spacial score (nSPS) is 17.1. The summed E-state index contributed by atoms with van der Waals surface area (Å²) in [5, 5.41) is 6.20. The summed E-state index contributed by atoms with van der Waals surface area (Å²) in [6.07, 6.45) is 3.16. The van der Waals surface area contributed by atoms with Crippen molar-refractivity contribution in [1.29, 1.82) is 0 Å². The molecule has 1 unspecified atom stereocenters. The van der Waals surface area contributed by atoms with Crippen molar-refractivity contribution in [3.63, 3.8) is 0 Å². The predicted octanol–water partition coefficient (Wildman–Crippen LogP) is 3.70. The van der Waals surface area contributed by atoms with E-state index in [0.29, 0.717) is 31.7 Å². The van der Waals surface area contributed by atoms with Crippen molar-refractivity contribution >= 4 is 23.2 Å². The summed E-state index contributed by atoms with van der Waals surface area (Å²) in [5.74, 6) is -0.174. The summed E-state index contributed by atoms with van der Waals surface area (Å²) in [7, 11) is 1.77. The number of amides is 2. The van der Waals surface area contributed by atoms with Crippen LogP contribution in [0.4, 0.5) is 0 Å². The maximum atomic E-state index is 13.3. The van der Waals surface area contributed by atoms with Crippen molar-refractivity contribution < 1.29 is 9.59 Å². The van der Waals surface area contributed by atoms with E-state index in [2.05, 4.69) is 47.7 Å². The quantitative estimate of drug-likeness (QED) is 0.592. The van der Waals surface area contributed by atoms with Gasteiger partial charge in [-0.15, -0.1) is 11.3 Å². The third kappa shape index (κ3) is 4.71. The molecule has 3 aromatic rings. The fraction of sp³-hybridized carbons (Fsp3) is 0.375. The molecule has 3 heterocycles. The van der Waals surface area contributed by atoms with Crippen molar-refractivity contribution in [2.45, 2.75) is 19.8 Å². The first kappa shape index (κ1) is 21.3. The summed E-state index contributed by atoms with van der Waals surface area (Å²) in [6.45, 7) is 4.35. The van der Waals surface area contributed by atoms with Gasteiger partial charge in [0, 0.05) is 44.3 Å². The van der Waals surface area contributed by atoms with Crippen molar-refractivity contribution in [3.05, 3.63) is 65.3 Å². The van der Waals surface area contributed by atoms with Crippen LogP contribution in [0.5, 0.6) is 0 Å². The Morgan fingerprint density at radius 1 is 1.16 bits per heavy atom. The molecule has 1 aliphatic heterocycles. The van der Waals surface area contributed by atoms with Gasteiger partial charge >= 0.3 is 0 Å². The summed E-state index contributed by atoms with van der Waals surface area (Å²) in [4.78, 5) is 31.4. The van der Waals surface area contributed by atoms with Gasteiger partial charge in [0.15, 0.2) is 0 Å².